The van der Waals surface area contributed by atoms with Crippen molar-refractivity contribution in [2.75, 3.05) is 7.05 Å². The Morgan fingerprint density at radius 2 is 2.03 bits per heavy atom. The molecule has 0 bridgehead atoms. The second kappa shape index (κ2) is 8.66. The second-order valence-corrected chi connectivity index (χ2v) is 8.19. The third kappa shape index (κ3) is 4.16. The molecule has 0 fully saturated rings. The zero-order valence-electron chi connectivity index (χ0n) is 16.4. The van der Waals surface area contributed by atoms with Gasteiger partial charge >= 0.3 is 156 Å². The van der Waals surface area contributed by atoms with Crippen LogP contribution >= 0.6 is 0 Å². The van der Waals surface area contributed by atoms with Gasteiger partial charge in [0.25, 0.3) is 0 Å². The van der Waals surface area contributed by atoms with Gasteiger partial charge in [0.05, 0.1) is 0 Å². The quantitative estimate of drug-likeness (QED) is 0.568. The molecule has 3 aromatic rings. The number of rotatable bonds is 5. The molecule has 0 aliphatic heterocycles. The number of aromatic nitrogens is 1. The Bertz CT molecular complexity index is 1120. The van der Waals surface area contributed by atoms with Crippen LogP contribution < -0.4 is 15.1 Å². The fourth-order valence-electron chi connectivity index (χ4n) is 3.87. The van der Waals surface area contributed by atoms with Crippen molar-refractivity contribution in [3.05, 3.63) is 82.5 Å². The average molecular weight is 467 g/mol. The van der Waals surface area contributed by atoms with Crippen LogP contribution in [-0.2, 0) is 13.0 Å². The number of fused-ring (bicyclic) bond motifs is 1. The predicted octanol–water partition coefficient (Wildman–Crippen LogP) is 2.96. The standard InChI is InChI=1S/C23H20AsF2N3O/c1-27-23(30)19-8-15(12-29-22(19)24)14-4-2-3-13(7-14)11-28-21-6-5-17-18(21)9-16(25)10-20(17)26/h2-4,7-10,12,21,28H,5-6,11H2,1H3,(H,27,30). The summed E-state index contributed by atoms with van der Waals surface area (Å²) in [6, 6.07) is 12.1. The Kier molecular flexibility index (Phi) is 5.98. The van der Waals surface area contributed by atoms with Gasteiger partial charge < -0.3 is 0 Å². The van der Waals surface area contributed by atoms with Gasteiger partial charge in [-0.05, 0) is 0 Å². The monoisotopic (exact) mass is 467 g/mol. The van der Waals surface area contributed by atoms with E-state index in [1.807, 2.05) is 30.3 Å². The minimum absolute atomic E-state index is 0.0764. The van der Waals surface area contributed by atoms with Crippen molar-refractivity contribution in [3.8, 4) is 11.1 Å². The molecule has 30 heavy (non-hydrogen) atoms. The molecule has 0 saturated carbocycles. The number of amides is 1. The molecule has 4 nitrogen and oxygen atoms in total. The van der Waals surface area contributed by atoms with Gasteiger partial charge in [0.2, 0.25) is 0 Å². The summed E-state index contributed by atoms with van der Waals surface area (Å²) >= 11 is 2.31. The van der Waals surface area contributed by atoms with Crippen LogP contribution in [0.5, 0.6) is 0 Å². The second-order valence-electron chi connectivity index (χ2n) is 7.30. The van der Waals surface area contributed by atoms with Gasteiger partial charge in [-0.3, -0.25) is 0 Å². The van der Waals surface area contributed by atoms with Crippen LogP contribution in [-0.4, -0.2) is 34.8 Å². The molecule has 1 amide bonds. The predicted molar refractivity (Wildman–Crippen MR) is 113 cm³/mol. The van der Waals surface area contributed by atoms with Gasteiger partial charge in [-0.2, -0.15) is 0 Å². The van der Waals surface area contributed by atoms with E-state index in [0.29, 0.717) is 34.1 Å². The number of hydrogen-bond acceptors (Lipinski definition) is 3. The van der Waals surface area contributed by atoms with E-state index >= 15 is 0 Å². The van der Waals surface area contributed by atoms with Crippen LogP contribution in [0.3, 0.4) is 0 Å². The Labute approximate surface area is 182 Å². The fraction of sp³-hybridized carbons (Fsp3) is 0.217. The molecule has 1 atom stereocenters. The summed E-state index contributed by atoms with van der Waals surface area (Å²) in [7, 11) is 1.59. The van der Waals surface area contributed by atoms with Crippen LogP contribution in [0.25, 0.3) is 11.1 Å². The maximum absolute atomic E-state index is 14.0. The minimum atomic E-state index is -0.542. The summed E-state index contributed by atoms with van der Waals surface area (Å²) in [5, 5.41) is 6.05. The van der Waals surface area contributed by atoms with E-state index in [9.17, 15) is 13.6 Å². The van der Waals surface area contributed by atoms with Crippen molar-refractivity contribution in [2.45, 2.75) is 25.4 Å². The number of halogens is 2. The summed E-state index contributed by atoms with van der Waals surface area (Å²) in [4.78, 5) is 16.4. The van der Waals surface area contributed by atoms with Crippen molar-refractivity contribution in [3.63, 3.8) is 0 Å². The van der Waals surface area contributed by atoms with E-state index in [0.717, 1.165) is 29.2 Å². The molecule has 1 heterocycles. The van der Waals surface area contributed by atoms with E-state index in [-0.39, 0.29) is 11.9 Å². The molecule has 2 aromatic carbocycles. The van der Waals surface area contributed by atoms with Crippen LogP contribution in [0.15, 0.2) is 48.7 Å². The van der Waals surface area contributed by atoms with E-state index in [4.69, 9.17) is 0 Å². The molecular weight excluding hydrogens is 447 g/mol. The molecule has 0 saturated heterocycles. The molecule has 1 unspecified atom stereocenters. The van der Waals surface area contributed by atoms with Gasteiger partial charge in [0.15, 0.2) is 0 Å². The van der Waals surface area contributed by atoms with Crippen molar-refractivity contribution >= 4 is 27.2 Å². The maximum atomic E-state index is 14.0. The first-order valence-corrected chi connectivity index (χ1v) is 10.6. The van der Waals surface area contributed by atoms with Gasteiger partial charge in [0, 0.05) is 6.07 Å². The van der Waals surface area contributed by atoms with Crippen LogP contribution in [0, 0.1) is 11.6 Å². The third-order valence-electron chi connectivity index (χ3n) is 5.40. The van der Waals surface area contributed by atoms with Gasteiger partial charge in [-0.1, -0.05) is 0 Å². The number of benzene rings is 2. The molecule has 1 aliphatic carbocycles. The number of carbonyl (C=O) groups is 1. The van der Waals surface area contributed by atoms with E-state index in [1.165, 1.54) is 6.07 Å². The summed E-state index contributed by atoms with van der Waals surface area (Å²) in [6.07, 6.45) is 3.09. The summed E-state index contributed by atoms with van der Waals surface area (Å²) in [6.45, 7) is 0.564. The molecule has 7 heteroatoms. The third-order valence-corrected chi connectivity index (χ3v) is 6.15. The molecular formula is C23H20AsF2N3O. The summed E-state index contributed by atoms with van der Waals surface area (Å²) in [5.41, 5.74) is 4.66. The van der Waals surface area contributed by atoms with Gasteiger partial charge in [-0.25, -0.2) is 8.78 Å². The first-order valence-electron chi connectivity index (χ1n) is 9.68. The first-order chi connectivity index (χ1) is 14.5. The average Bonchev–Trinajstić information content (AvgIpc) is 3.15. The SMILES string of the molecule is CNC(=O)c1cc(-c2cccc(CNC3CCc4c(F)cc(F)cc43)c2)cnc1[As]. The van der Waals surface area contributed by atoms with Crippen molar-refractivity contribution in [1.29, 1.82) is 0 Å². The van der Waals surface area contributed by atoms with Crippen LogP contribution in [0.1, 0.15) is 39.5 Å². The molecule has 2 N–H and O–H groups in total. The van der Waals surface area contributed by atoms with E-state index in [1.54, 1.807) is 13.2 Å². The number of carbonyl (C=O) groups excluding carboxylic acids is 1. The molecule has 1 aliphatic rings. The Balaban J connectivity index is 1.53. The summed E-state index contributed by atoms with van der Waals surface area (Å²) < 4.78 is 28.2. The van der Waals surface area contributed by atoms with Gasteiger partial charge in [-0.15, -0.1) is 0 Å². The van der Waals surface area contributed by atoms with Gasteiger partial charge in [0.1, 0.15) is 11.6 Å². The number of nitrogens with one attached hydrogen (secondary N) is 2. The van der Waals surface area contributed by atoms with E-state index < -0.39 is 11.6 Å². The van der Waals surface area contributed by atoms with Crippen molar-refractivity contribution < 1.29 is 13.6 Å². The Morgan fingerprint density at radius 3 is 2.83 bits per heavy atom. The van der Waals surface area contributed by atoms with Crippen LogP contribution in [0.4, 0.5) is 8.78 Å². The zero-order chi connectivity index (χ0) is 21.3. The van der Waals surface area contributed by atoms with Crippen molar-refractivity contribution in [2.24, 2.45) is 0 Å². The normalized spacial score (nSPS) is 15.1. The van der Waals surface area contributed by atoms with Crippen molar-refractivity contribution in [1.82, 2.24) is 15.6 Å². The zero-order valence-corrected chi connectivity index (χ0v) is 18.3. The number of hydrogen-bond donors (Lipinski definition) is 2. The topological polar surface area (TPSA) is 54.0 Å². The number of pyridine rings is 1. The number of nitrogens with zero attached hydrogens (tertiary/aromatic N) is 1. The molecule has 1 aromatic heterocycles. The Hall–Kier alpha value is -2.56. The molecule has 152 valence electrons. The molecule has 0 spiro atoms. The molecule has 2 radical (unpaired) electrons. The first kappa shape index (κ1) is 20.7. The Morgan fingerprint density at radius 1 is 1.20 bits per heavy atom. The van der Waals surface area contributed by atoms with Crippen LogP contribution in [0.2, 0.25) is 0 Å². The summed E-state index contributed by atoms with van der Waals surface area (Å²) in [5.74, 6) is -1.19. The fourth-order valence-corrected chi connectivity index (χ4v) is 4.34. The molecule has 4 rings (SSSR count). The van der Waals surface area contributed by atoms with E-state index in [2.05, 4.69) is 32.5 Å².